The molecule has 0 aliphatic heterocycles. The quantitative estimate of drug-likeness (QED) is 0.513. The van der Waals surface area contributed by atoms with Crippen LogP contribution in [0.2, 0.25) is 0 Å². The van der Waals surface area contributed by atoms with E-state index in [-0.39, 0.29) is 23.4 Å². The maximum atomic E-state index is 13.3. The molecule has 1 N–H and O–H groups in total. The normalized spacial score (nSPS) is 10.4. The minimum atomic E-state index is -0.789. The van der Waals surface area contributed by atoms with Crippen molar-refractivity contribution in [2.45, 2.75) is 13.8 Å². The Kier molecular flexibility index (Phi) is 5.36. The fourth-order valence-corrected chi connectivity index (χ4v) is 2.47. The Morgan fingerprint density at radius 2 is 1.76 bits per heavy atom. The van der Waals surface area contributed by atoms with E-state index in [9.17, 15) is 18.8 Å². The van der Waals surface area contributed by atoms with E-state index in [1.807, 2.05) is 0 Å². The molecule has 6 nitrogen and oxygen atoms in total. The van der Waals surface area contributed by atoms with E-state index in [0.29, 0.717) is 11.3 Å². The maximum Gasteiger partial charge on any atom is 0.340 e. The first kappa shape index (κ1) is 18.4. The van der Waals surface area contributed by atoms with Crippen LogP contribution in [0, 0.1) is 12.7 Å². The van der Waals surface area contributed by atoms with E-state index in [0.717, 1.165) is 4.90 Å². The van der Waals surface area contributed by atoms with Gasteiger partial charge in [0.25, 0.3) is 11.7 Å². The predicted octanol–water partition coefficient (Wildman–Crippen LogP) is 2.58. The minimum absolute atomic E-state index is 0.0224. The van der Waals surface area contributed by atoms with Gasteiger partial charge >= 0.3 is 5.97 Å². The number of carbonyl (C=O) groups is 3. The number of nitrogens with one attached hydrogen (secondary N) is 1. The number of likely N-dealkylation sites (N-methyl/N-ethyl adjacent to an activating group) is 1. The number of ether oxygens (including phenoxy) is 1. The van der Waals surface area contributed by atoms with E-state index in [4.69, 9.17) is 4.74 Å². The van der Waals surface area contributed by atoms with Gasteiger partial charge in [-0.3, -0.25) is 9.59 Å². The molecule has 2 aromatic rings. The van der Waals surface area contributed by atoms with Crippen LogP contribution in [0.4, 0.5) is 4.39 Å². The molecule has 0 fully saturated rings. The molecule has 25 heavy (non-hydrogen) atoms. The van der Waals surface area contributed by atoms with Crippen LogP contribution in [-0.4, -0.2) is 48.2 Å². The molecular formula is C18H19FN2O4. The summed E-state index contributed by atoms with van der Waals surface area (Å²) in [5, 5.41) is 0. The van der Waals surface area contributed by atoms with Gasteiger partial charge in [0.1, 0.15) is 11.5 Å². The molecule has 0 spiro atoms. The van der Waals surface area contributed by atoms with E-state index in [2.05, 4.69) is 4.98 Å². The molecule has 0 atom stereocenters. The van der Waals surface area contributed by atoms with E-state index >= 15 is 0 Å². The fraction of sp³-hybridized carbons (Fsp3) is 0.278. The molecule has 1 aromatic heterocycles. The summed E-state index contributed by atoms with van der Waals surface area (Å²) >= 11 is 0. The number of nitrogens with zero attached hydrogens (tertiary/aromatic N) is 1. The van der Waals surface area contributed by atoms with Crippen LogP contribution in [0.15, 0.2) is 24.3 Å². The Hall–Kier alpha value is -2.96. The predicted molar refractivity (Wildman–Crippen MR) is 89.9 cm³/mol. The van der Waals surface area contributed by atoms with Crippen molar-refractivity contribution in [3.63, 3.8) is 0 Å². The van der Waals surface area contributed by atoms with Crippen molar-refractivity contribution in [1.29, 1.82) is 0 Å². The second-order valence-corrected chi connectivity index (χ2v) is 5.63. The summed E-state index contributed by atoms with van der Waals surface area (Å²) in [7, 11) is 2.92. The fourth-order valence-electron chi connectivity index (χ4n) is 2.47. The molecule has 0 saturated carbocycles. The van der Waals surface area contributed by atoms with Crippen molar-refractivity contribution >= 4 is 17.7 Å². The number of benzene rings is 1. The van der Waals surface area contributed by atoms with Gasteiger partial charge in [0.15, 0.2) is 0 Å². The van der Waals surface area contributed by atoms with Crippen molar-refractivity contribution in [2.75, 3.05) is 20.7 Å². The van der Waals surface area contributed by atoms with Crippen molar-refractivity contribution in [3.8, 4) is 11.1 Å². The Morgan fingerprint density at radius 1 is 1.16 bits per heavy atom. The van der Waals surface area contributed by atoms with Gasteiger partial charge in [0, 0.05) is 25.4 Å². The first-order valence-corrected chi connectivity index (χ1v) is 7.69. The number of halogens is 1. The summed E-state index contributed by atoms with van der Waals surface area (Å²) in [6, 6.07) is 5.32. The first-order valence-electron chi connectivity index (χ1n) is 7.69. The number of aromatic amines is 1. The molecular weight excluding hydrogens is 327 g/mol. The molecule has 0 saturated heterocycles. The summed E-state index contributed by atoms with van der Waals surface area (Å²) < 4.78 is 18.3. The van der Waals surface area contributed by atoms with Crippen LogP contribution < -0.4 is 0 Å². The third kappa shape index (κ3) is 3.60. The SMILES string of the molecule is CCOC(=O)c1c(C)[nH]c(C(=O)C(=O)N(C)C)c1-c1ccc(F)cc1. The lowest BCUT2D eigenvalue weighted by Crippen LogP contribution is -2.30. The average Bonchev–Trinajstić information content (AvgIpc) is 2.91. The second-order valence-electron chi connectivity index (χ2n) is 5.63. The molecule has 0 radical (unpaired) electrons. The summed E-state index contributed by atoms with van der Waals surface area (Å²) in [5.41, 5.74) is 1.20. The third-order valence-corrected chi connectivity index (χ3v) is 3.63. The van der Waals surface area contributed by atoms with Crippen molar-refractivity contribution in [2.24, 2.45) is 0 Å². The topological polar surface area (TPSA) is 79.5 Å². The van der Waals surface area contributed by atoms with Crippen LogP contribution in [0.1, 0.15) is 33.5 Å². The Morgan fingerprint density at radius 3 is 2.28 bits per heavy atom. The molecule has 132 valence electrons. The first-order chi connectivity index (χ1) is 11.8. The number of esters is 1. The highest BCUT2D eigenvalue weighted by Gasteiger charge is 2.30. The molecule has 1 amide bonds. The van der Waals surface area contributed by atoms with Crippen LogP contribution in [0.5, 0.6) is 0 Å². The van der Waals surface area contributed by atoms with Gasteiger partial charge in [0.2, 0.25) is 0 Å². The highest BCUT2D eigenvalue weighted by molar-refractivity contribution is 6.43. The van der Waals surface area contributed by atoms with Gasteiger partial charge in [-0.15, -0.1) is 0 Å². The van der Waals surface area contributed by atoms with Crippen molar-refractivity contribution in [3.05, 3.63) is 47.0 Å². The zero-order chi connectivity index (χ0) is 18.7. The lowest BCUT2D eigenvalue weighted by atomic mass is 9.98. The van der Waals surface area contributed by atoms with E-state index in [1.54, 1.807) is 13.8 Å². The number of aryl methyl sites for hydroxylation is 1. The Labute approximate surface area is 144 Å². The number of hydrogen-bond acceptors (Lipinski definition) is 4. The number of carbonyl (C=O) groups excluding carboxylic acids is 3. The average molecular weight is 346 g/mol. The Bertz CT molecular complexity index is 822. The lowest BCUT2D eigenvalue weighted by molar-refractivity contribution is -0.124. The summed E-state index contributed by atoms with van der Waals surface area (Å²) in [5.74, 6) is -2.60. The van der Waals surface area contributed by atoms with E-state index < -0.39 is 23.5 Å². The van der Waals surface area contributed by atoms with Crippen LogP contribution in [-0.2, 0) is 9.53 Å². The summed E-state index contributed by atoms with van der Waals surface area (Å²) in [6.45, 7) is 3.43. The van der Waals surface area contributed by atoms with Crippen LogP contribution in [0.3, 0.4) is 0 Å². The van der Waals surface area contributed by atoms with Gasteiger partial charge in [-0.2, -0.15) is 0 Å². The number of hydrogen-bond donors (Lipinski definition) is 1. The molecule has 0 bridgehead atoms. The summed E-state index contributed by atoms with van der Waals surface area (Å²) in [6.07, 6.45) is 0. The number of aromatic nitrogens is 1. The zero-order valence-corrected chi connectivity index (χ0v) is 14.5. The number of amides is 1. The lowest BCUT2D eigenvalue weighted by Gasteiger charge is -2.10. The van der Waals surface area contributed by atoms with Crippen LogP contribution in [0.25, 0.3) is 11.1 Å². The van der Waals surface area contributed by atoms with E-state index in [1.165, 1.54) is 38.4 Å². The van der Waals surface area contributed by atoms with Gasteiger partial charge in [-0.1, -0.05) is 12.1 Å². The summed E-state index contributed by atoms with van der Waals surface area (Å²) in [4.78, 5) is 40.9. The van der Waals surface area contributed by atoms with Crippen molar-refractivity contribution in [1.82, 2.24) is 9.88 Å². The van der Waals surface area contributed by atoms with Gasteiger partial charge < -0.3 is 14.6 Å². The highest BCUT2D eigenvalue weighted by Crippen LogP contribution is 2.31. The van der Waals surface area contributed by atoms with Gasteiger partial charge in [0.05, 0.1) is 12.2 Å². The van der Waals surface area contributed by atoms with Crippen molar-refractivity contribution < 1.29 is 23.5 Å². The number of H-pyrrole nitrogens is 1. The zero-order valence-electron chi connectivity index (χ0n) is 14.5. The largest absolute Gasteiger partial charge is 0.462 e. The number of rotatable bonds is 5. The number of ketones is 1. The molecule has 1 aromatic carbocycles. The maximum absolute atomic E-state index is 13.3. The second kappa shape index (κ2) is 7.29. The van der Waals surface area contributed by atoms with Gasteiger partial charge in [-0.25, -0.2) is 9.18 Å². The van der Waals surface area contributed by atoms with Crippen LogP contribution >= 0.6 is 0 Å². The molecule has 1 heterocycles. The highest BCUT2D eigenvalue weighted by atomic mass is 19.1. The molecule has 2 rings (SSSR count). The smallest absolute Gasteiger partial charge is 0.340 e. The molecule has 0 aliphatic rings. The number of Topliss-reactive ketones (excluding diaryl/α,β-unsaturated/α-hetero) is 1. The Balaban J connectivity index is 2.70. The molecule has 0 unspecified atom stereocenters. The van der Waals surface area contributed by atoms with Gasteiger partial charge in [-0.05, 0) is 31.5 Å². The standard InChI is InChI=1S/C18H19FN2O4/c1-5-25-18(24)13-10(2)20-15(16(22)17(23)21(3)4)14(13)11-6-8-12(19)9-7-11/h6-9,20H,5H2,1-4H3. The monoisotopic (exact) mass is 346 g/mol. The minimum Gasteiger partial charge on any atom is -0.462 e. The molecule has 7 heteroatoms. The third-order valence-electron chi connectivity index (χ3n) is 3.63. The molecule has 0 aliphatic carbocycles.